The van der Waals surface area contributed by atoms with Gasteiger partial charge in [-0.25, -0.2) is 9.18 Å². The normalized spacial score (nSPS) is 10.1. The first kappa shape index (κ1) is 17.3. The first-order valence-electron chi connectivity index (χ1n) is 7.25. The number of rotatable bonds is 6. The summed E-state index contributed by atoms with van der Waals surface area (Å²) in [5.74, 6) is -0.365. The third-order valence-electron chi connectivity index (χ3n) is 3.17. The fourth-order valence-corrected chi connectivity index (χ4v) is 1.96. The minimum Gasteiger partial charge on any atom is -0.484 e. The molecule has 4 N–H and O–H groups in total. The molecule has 0 spiro atoms. The summed E-state index contributed by atoms with van der Waals surface area (Å²) in [6.07, 6.45) is 0. The maximum Gasteiger partial charge on any atom is 0.319 e. The number of hydrogen-bond acceptors (Lipinski definition) is 3. The lowest BCUT2D eigenvalue weighted by Gasteiger charge is -2.09. The molecular formula is C17H18FN3O3. The van der Waals surface area contributed by atoms with Crippen LogP contribution in [0.4, 0.5) is 14.9 Å². The van der Waals surface area contributed by atoms with E-state index in [1.807, 2.05) is 0 Å². The third-order valence-corrected chi connectivity index (χ3v) is 3.17. The van der Waals surface area contributed by atoms with Crippen LogP contribution < -0.4 is 21.1 Å². The molecule has 0 heterocycles. The van der Waals surface area contributed by atoms with Crippen LogP contribution in [0, 0.1) is 12.7 Å². The number of hydrogen-bond donors (Lipinski definition) is 3. The molecule has 126 valence electrons. The van der Waals surface area contributed by atoms with Gasteiger partial charge in [-0.05, 0) is 48.4 Å². The van der Waals surface area contributed by atoms with Crippen molar-refractivity contribution in [2.45, 2.75) is 13.5 Å². The second-order valence-electron chi connectivity index (χ2n) is 5.17. The van der Waals surface area contributed by atoms with Gasteiger partial charge >= 0.3 is 6.03 Å². The number of amides is 3. The highest BCUT2D eigenvalue weighted by atomic mass is 19.1. The molecule has 0 fully saturated rings. The summed E-state index contributed by atoms with van der Waals surface area (Å²) < 4.78 is 18.3. The predicted molar refractivity (Wildman–Crippen MR) is 88.1 cm³/mol. The molecule has 2 aromatic carbocycles. The summed E-state index contributed by atoms with van der Waals surface area (Å²) in [7, 11) is 0. The third kappa shape index (κ3) is 5.28. The zero-order chi connectivity index (χ0) is 17.5. The predicted octanol–water partition coefficient (Wildman–Crippen LogP) is 2.32. The second-order valence-corrected chi connectivity index (χ2v) is 5.17. The lowest BCUT2D eigenvalue weighted by Crippen LogP contribution is -2.28. The van der Waals surface area contributed by atoms with Gasteiger partial charge in [0, 0.05) is 12.2 Å². The Morgan fingerprint density at radius 2 is 1.88 bits per heavy atom. The summed E-state index contributed by atoms with van der Waals surface area (Å²) >= 11 is 0. The standard InChI is InChI=1S/C17H18FN3O3/c1-11-8-12(2-7-15(11)18)9-20-17(23)21-13-3-5-14(6-4-13)24-10-16(19)22/h2-8H,9-10H2,1H3,(H2,19,22)(H2,20,21,23). The Morgan fingerprint density at radius 3 is 2.50 bits per heavy atom. The van der Waals surface area contributed by atoms with Crippen LogP contribution in [0.3, 0.4) is 0 Å². The van der Waals surface area contributed by atoms with E-state index in [-0.39, 0.29) is 25.0 Å². The summed E-state index contributed by atoms with van der Waals surface area (Å²) in [6.45, 7) is 1.75. The smallest absolute Gasteiger partial charge is 0.319 e. The van der Waals surface area contributed by atoms with Crippen molar-refractivity contribution in [2.75, 3.05) is 11.9 Å². The molecule has 0 atom stereocenters. The van der Waals surface area contributed by atoms with Crippen LogP contribution in [0.5, 0.6) is 5.75 Å². The molecule has 3 amide bonds. The Kier molecular flexibility index (Phi) is 5.73. The van der Waals surface area contributed by atoms with Crippen molar-refractivity contribution in [2.24, 2.45) is 5.73 Å². The fourth-order valence-electron chi connectivity index (χ4n) is 1.96. The van der Waals surface area contributed by atoms with E-state index in [0.717, 1.165) is 5.56 Å². The molecular weight excluding hydrogens is 313 g/mol. The molecule has 0 aliphatic rings. The van der Waals surface area contributed by atoms with Crippen molar-refractivity contribution in [3.63, 3.8) is 0 Å². The van der Waals surface area contributed by atoms with Crippen LogP contribution in [0.15, 0.2) is 42.5 Å². The molecule has 2 rings (SSSR count). The number of primary amides is 1. The van der Waals surface area contributed by atoms with Gasteiger partial charge in [0.05, 0.1) is 0 Å². The lowest BCUT2D eigenvalue weighted by atomic mass is 10.1. The Balaban J connectivity index is 1.83. The molecule has 0 saturated carbocycles. The first-order valence-corrected chi connectivity index (χ1v) is 7.25. The van der Waals surface area contributed by atoms with Gasteiger partial charge in [0.1, 0.15) is 11.6 Å². The van der Waals surface area contributed by atoms with E-state index in [0.29, 0.717) is 17.0 Å². The van der Waals surface area contributed by atoms with Gasteiger partial charge in [-0.3, -0.25) is 4.79 Å². The Hall–Kier alpha value is -3.09. The summed E-state index contributed by atoms with van der Waals surface area (Å²) in [6, 6.07) is 10.8. The fraction of sp³-hybridized carbons (Fsp3) is 0.176. The van der Waals surface area contributed by atoms with E-state index in [2.05, 4.69) is 10.6 Å². The molecule has 24 heavy (non-hydrogen) atoms. The van der Waals surface area contributed by atoms with Crippen LogP contribution in [-0.2, 0) is 11.3 Å². The largest absolute Gasteiger partial charge is 0.484 e. The van der Waals surface area contributed by atoms with Crippen LogP contribution >= 0.6 is 0 Å². The van der Waals surface area contributed by atoms with Crippen molar-refractivity contribution in [3.8, 4) is 5.75 Å². The lowest BCUT2D eigenvalue weighted by molar-refractivity contribution is -0.119. The van der Waals surface area contributed by atoms with Gasteiger partial charge in [-0.2, -0.15) is 0 Å². The average Bonchev–Trinajstić information content (AvgIpc) is 2.55. The topological polar surface area (TPSA) is 93.4 Å². The van der Waals surface area contributed by atoms with E-state index in [4.69, 9.17) is 10.5 Å². The van der Waals surface area contributed by atoms with Gasteiger partial charge in [0.25, 0.3) is 5.91 Å². The number of ether oxygens (including phenoxy) is 1. The summed E-state index contributed by atoms with van der Waals surface area (Å²) in [5, 5.41) is 5.34. The highest BCUT2D eigenvalue weighted by Gasteiger charge is 2.04. The Morgan fingerprint density at radius 1 is 1.17 bits per heavy atom. The highest BCUT2D eigenvalue weighted by Crippen LogP contribution is 2.15. The first-order chi connectivity index (χ1) is 11.4. The number of carbonyl (C=O) groups excluding carboxylic acids is 2. The summed E-state index contributed by atoms with van der Waals surface area (Å²) in [4.78, 5) is 22.5. The molecule has 2 aromatic rings. The number of nitrogens with one attached hydrogen (secondary N) is 2. The maximum atomic E-state index is 13.2. The van der Waals surface area contributed by atoms with Crippen molar-refractivity contribution >= 4 is 17.6 Å². The molecule has 0 aliphatic heterocycles. The minimum atomic E-state index is -0.562. The van der Waals surface area contributed by atoms with E-state index in [1.54, 1.807) is 43.3 Å². The van der Waals surface area contributed by atoms with E-state index < -0.39 is 5.91 Å². The molecule has 6 nitrogen and oxygen atoms in total. The van der Waals surface area contributed by atoms with Gasteiger partial charge < -0.3 is 21.1 Å². The van der Waals surface area contributed by atoms with Crippen molar-refractivity contribution in [1.82, 2.24) is 5.32 Å². The molecule has 0 aromatic heterocycles. The molecule has 0 radical (unpaired) electrons. The Labute approximate surface area is 138 Å². The van der Waals surface area contributed by atoms with Crippen LogP contribution in [0.25, 0.3) is 0 Å². The van der Waals surface area contributed by atoms with E-state index in [9.17, 15) is 14.0 Å². The monoisotopic (exact) mass is 331 g/mol. The second kappa shape index (κ2) is 7.96. The number of halogens is 1. The molecule has 0 aliphatic carbocycles. The quantitative estimate of drug-likeness (QED) is 0.758. The van der Waals surface area contributed by atoms with Gasteiger partial charge in [-0.1, -0.05) is 12.1 Å². The van der Waals surface area contributed by atoms with E-state index >= 15 is 0 Å². The number of aryl methyl sites for hydroxylation is 1. The number of anilines is 1. The maximum absolute atomic E-state index is 13.2. The van der Waals surface area contributed by atoms with Gasteiger partial charge in [0.15, 0.2) is 6.61 Å². The van der Waals surface area contributed by atoms with Crippen LogP contribution in [0.2, 0.25) is 0 Å². The van der Waals surface area contributed by atoms with Crippen LogP contribution in [-0.4, -0.2) is 18.5 Å². The van der Waals surface area contributed by atoms with Crippen LogP contribution in [0.1, 0.15) is 11.1 Å². The van der Waals surface area contributed by atoms with Gasteiger partial charge in [-0.15, -0.1) is 0 Å². The zero-order valence-electron chi connectivity index (χ0n) is 13.1. The molecule has 0 bridgehead atoms. The number of carbonyl (C=O) groups is 2. The Bertz CT molecular complexity index is 732. The summed E-state index contributed by atoms with van der Waals surface area (Å²) in [5.41, 5.74) is 6.88. The highest BCUT2D eigenvalue weighted by molar-refractivity contribution is 5.89. The average molecular weight is 331 g/mol. The number of nitrogens with two attached hydrogens (primary N) is 1. The number of benzene rings is 2. The number of urea groups is 1. The van der Waals surface area contributed by atoms with Crippen molar-refractivity contribution < 1.29 is 18.7 Å². The van der Waals surface area contributed by atoms with Gasteiger partial charge in [0.2, 0.25) is 0 Å². The van der Waals surface area contributed by atoms with E-state index in [1.165, 1.54) is 6.07 Å². The van der Waals surface area contributed by atoms with Crippen molar-refractivity contribution in [1.29, 1.82) is 0 Å². The minimum absolute atomic E-state index is 0.204. The molecule has 7 heteroatoms. The SMILES string of the molecule is Cc1cc(CNC(=O)Nc2ccc(OCC(N)=O)cc2)ccc1F. The zero-order valence-corrected chi connectivity index (χ0v) is 13.1. The molecule has 0 unspecified atom stereocenters. The molecule has 0 saturated heterocycles. The van der Waals surface area contributed by atoms with Crippen molar-refractivity contribution in [3.05, 3.63) is 59.4 Å².